The summed E-state index contributed by atoms with van der Waals surface area (Å²) in [6.45, 7) is 0.949. The molecule has 0 N–H and O–H groups in total. The Bertz CT molecular complexity index is 711. The zero-order chi connectivity index (χ0) is 17.4. The van der Waals surface area contributed by atoms with E-state index in [2.05, 4.69) is 4.74 Å². The molecule has 0 bridgehead atoms. The van der Waals surface area contributed by atoms with Crippen LogP contribution in [0, 0.1) is 0 Å². The quantitative estimate of drug-likeness (QED) is 0.321. The number of carbonyl (C=O) groups is 2. The summed E-state index contributed by atoms with van der Waals surface area (Å²) in [7, 11) is 2.87. The highest BCUT2D eigenvalue weighted by atomic mass is 16.5. The van der Waals surface area contributed by atoms with E-state index in [1.165, 1.54) is 25.3 Å². The summed E-state index contributed by atoms with van der Waals surface area (Å²) < 4.78 is 20.1. The van der Waals surface area contributed by atoms with E-state index in [1.807, 2.05) is 0 Å². The first kappa shape index (κ1) is 17.5. The number of hydrogen-bond acceptors (Lipinski definition) is 6. The summed E-state index contributed by atoms with van der Waals surface area (Å²) >= 11 is 0. The molecule has 6 heteroatoms. The average molecular weight is 330 g/mol. The number of benzene rings is 1. The van der Waals surface area contributed by atoms with Crippen LogP contribution in [-0.4, -0.2) is 39.2 Å². The fourth-order valence-corrected chi connectivity index (χ4v) is 1.87. The lowest BCUT2D eigenvalue weighted by atomic mass is 10.1. The fourth-order valence-electron chi connectivity index (χ4n) is 1.87. The number of esters is 1. The van der Waals surface area contributed by atoms with Crippen molar-refractivity contribution in [1.29, 1.82) is 0 Å². The SMILES string of the molecule is COCCOc1ccc(C(=O)C=Cc2ccc(C(=O)OC)o2)cc1. The van der Waals surface area contributed by atoms with E-state index in [1.54, 1.807) is 37.4 Å². The Morgan fingerprint density at radius 1 is 1.04 bits per heavy atom. The van der Waals surface area contributed by atoms with Gasteiger partial charge in [0.05, 0.1) is 13.7 Å². The summed E-state index contributed by atoms with van der Waals surface area (Å²) in [6, 6.07) is 9.87. The average Bonchev–Trinajstić information content (AvgIpc) is 3.09. The first-order chi connectivity index (χ1) is 11.6. The van der Waals surface area contributed by atoms with Crippen molar-refractivity contribution in [3.8, 4) is 5.75 Å². The van der Waals surface area contributed by atoms with Crippen LogP contribution in [-0.2, 0) is 9.47 Å². The van der Waals surface area contributed by atoms with Crippen LogP contribution < -0.4 is 4.74 Å². The number of carbonyl (C=O) groups excluding carboxylic acids is 2. The van der Waals surface area contributed by atoms with Gasteiger partial charge in [-0.2, -0.15) is 0 Å². The summed E-state index contributed by atoms with van der Waals surface area (Å²) in [5.74, 6) is 0.395. The number of ether oxygens (including phenoxy) is 3. The van der Waals surface area contributed by atoms with Gasteiger partial charge in [-0.25, -0.2) is 4.79 Å². The zero-order valence-corrected chi connectivity index (χ0v) is 13.5. The van der Waals surface area contributed by atoms with Crippen LogP contribution in [0.4, 0.5) is 0 Å². The van der Waals surface area contributed by atoms with E-state index in [0.29, 0.717) is 30.3 Å². The van der Waals surface area contributed by atoms with Gasteiger partial charge in [0, 0.05) is 12.7 Å². The molecule has 2 rings (SSSR count). The minimum atomic E-state index is -0.565. The minimum Gasteiger partial charge on any atom is -0.491 e. The molecule has 1 aromatic heterocycles. The summed E-state index contributed by atoms with van der Waals surface area (Å²) in [5.41, 5.74) is 0.519. The molecule has 24 heavy (non-hydrogen) atoms. The molecule has 0 fully saturated rings. The number of methoxy groups -OCH3 is 2. The van der Waals surface area contributed by atoms with Crippen molar-refractivity contribution in [3.63, 3.8) is 0 Å². The molecule has 2 aromatic rings. The van der Waals surface area contributed by atoms with Gasteiger partial charge in [0.25, 0.3) is 0 Å². The van der Waals surface area contributed by atoms with Crippen molar-refractivity contribution < 1.29 is 28.2 Å². The molecule has 0 radical (unpaired) electrons. The number of ketones is 1. The lowest BCUT2D eigenvalue weighted by Gasteiger charge is -2.05. The first-order valence-corrected chi connectivity index (χ1v) is 7.26. The fraction of sp³-hybridized carbons (Fsp3) is 0.222. The number of hydrogen-bond donors (Lipinski definition) is 0. The van der Waals surface area contributed by atoms with Gasteiger partial charge < -0.3 is 18.6 Å². The molecule has 0 unspecified atom stereocenters. The van der Waals surface area contributed by atoms with Gasteiger partial charge in [-0.1, -0.05) is 0 Å². The lowest BCUT2D eigenvalue weighted by molar-refractivity contribution is 0.0564. The maximum atomic E-state index is 12.1. The van der Waals surface area contributed by atoms with E-state index in [-0.39, 0.29) is 11.5 Å². The largest absolute Gasteiger partial charge is 0.491 e. The molecule has 0 aliphatic carbocycles. The third kappa shape index (κ3) is 4.82. The highest BCUT2D eigenvalue weighted by molar-refractivity contribution is 6.06. The van der Waals surface area contributed by atoms with E-state index < -0.39 is 5.97 Å². The molecule has 0 aliphatic rings. The van der Waals surface area contributed by atoms with Crippen molar-refractivity contribution in [1.82, 2.24) is 0 Å². The second-order valence-electron chi connectivity index (χ2n) is 4.76. The van der Waals surface area contributed by atoms with Gasteiger partial charge in [0.2, 0.25) is 5.76 Å². The summed E-state index contributed by atoms with van der Waals surface area (Å²) in [6.07, 6.45) is 2.87. The van der Waals surface area contributed by atoms with Crippen LogP contribution in [0.2, 0.25) is 0 Å². The molecule has 6 nitrogen and oxygen atoms in total. The molecule has 0 amide bonds. The third-order valence-corrected chi connectivity index (χ3v) is 3.11. The smallest absolute Gasteiger partial charge is 0.373 e. The highest BCUT2D eigenvalue weighted by Gasteiger charge is 2.10. The van der Waals surface area contributed by atoms with Crippen LogP contribution in [0.1, 0.15) is 26.7 Å². The second-order valence-corrected chi connectivity index (χ2v) is 4.76. The molecule has 1 aromatic carbocycles. The maximum Gasteiger partial charge on any atom is 0.373 e. The Morgan fingerprint density at radius 3 is 2.46 bits per heavy atom. The predicted octanol–water partition coefficient (Wildman–Crippen LogP) is 2.99. The first-order valence-electron chi connectivity index (χ1n) is 7.26. The van der Waals surface area contributed by atoms with Crippen LogP contribution in [0.3, 0.4) is 0 Å². The van der Waals surface area contributed by atoms with Crippen LogP contribution >= 0.6 is 0 Å². The van der Waals surface area contributed by atoms with Gasteiger partial charge >= 0.3 is 5.97 Å². The monoisotopic (exact) mass is 330 g/mol. The Hall–Kier alpha value is -2.86. The van der Waals surface area contributed by atoms with Crippen LogP contribution in [0.15, 0.2) is 46.9 Å². The van der Waals surface area contributed by atoms with E-state index >= 15 is 0 Å². The second kappa shape index (κ2) is 8.69. The van der Waals surface area contributed by atoms with Gasteiger partial charge in [-0.05, 0) is 48.6 Å². The van der Waals surface area contributed by atoms with Crippen molar-refractivity contribution >= 4 is 17.8 Å². The third-order valence-electron chi connectivity index (χ3n) is 3.11. The Morgan fingerprint density at radius 2 is 1.79 bits per heavy atom. The molecule has 0 saturated heterocycles. The minimum absolute atomic E-state index is 0.0853. The molecule has 1 heterocycles. The van der Waals surface area contributed by atoms with Gasteiger partial charge in [0.15, 0.2) is 5.78 Å². The molecular weight excluding hydrogens is 312 g/mol. The number of allylic oxidation sites excluding steroid dienone is 1. The maximum absolute atomic E-state index is 12.1. The van der Waals surface area contributed by atoms with Gasteiger partial charge in [-0.15, -0.1) is 0 Å². The van der Waals surface area contributed by atoms with Crippen molar-refractivity contribution in [2.75, 3.05) is 27.4 Å². The Kier molecular flexibility index (Phi) is 6.33. The van der Waals surface area contributed by atoms with Crippen LogP contribution in [0.25, 0.3) is 6.08 Å². The zero-order valence-electron chi connectivity index (χ0n) is 13.5. The molecular formula is C18H18O6. The topological polar surface area (TPSA) is 75.0 Å². The van der Waals surface area contributed by atoms with E-state index in [4.69, 9.17) is 13.9 Å². The van der Waals surface area contributed by atoms with Crippen molar-refractivity contribution in [2.24, 2.45) is 0 Å². The summed E-state index contributed by atoms with van der Waals surface area (Å²) in [4.78, 5) is 23.4. The van der Waals surface area contributed by atoms with Gasteiger partial charge in [0.1, 0.15) is 18.1 Å². The van der Waals surface area contributed by atoms with Crippen molar-refractivity contribution in [2.45, 2.75) is 0 Å². The molecule has 0 atom stereocenters. The number of rotatable bonds is 8. The summed E-state index contributed by atoms with van der Waals surface area (Å²) in [5, 5.41) is 0. The standard InChI is InChI=1S/C18H18O6/c1-21-11-12-23-14-5-3-13(4-6-14)16(19)9-7-15-8-10-17(24-15)18(20)22-2/h3-10H,11-12H2,1-2H3. The number of furan rings is 1. The molecule has 0 spiro atoms. The Balaban J connectivity index is 1.96. The molecule has 0 aliphatic heterocycles. The van der Waals surface area contributed by atoms with Crippen molar-refractivity contribution in [3.05, 3.63) is 59.6 Å². The normalized spacial score (nSPS) is 10.8. The molecule has 126 valence electrons. The predicted molar refractivity (Wildman–Crippen MR) is 87.2 cm³/mol. The highest BCUT2D eigenvalue weighted by Crippen LogP contribution is 2.14. The molecule has 0 saturated carbocycles. The van der Waals surface area contributed by atoms with Crippen LogP contribution in [0.5, 0.6) is 5.75 Å². The Labute approximate surface area is 139 Å². The van der Waals surface area contributed by atoms with E-state index in [9.17, 15) is 9.59 Å². The van der Waals surface area contributed by atoms with E-state index in [0.717, 1.165) is 0 Å². The van der Waals surface area contributed by atoms with Gasteiger partial charge in [-0.3, -0.25) is 4.79 Å². The lowest BCUT2D eigenvalue weighted by Crippen LogP contribution is -2.04.